The Bertz CT molecular complexity index is 436. The Labute approximate surface area is 119 Å². The van der Waals surface area contributed by atoms with Gasteiger partial charge in [0.25, 0.3) is 0 Å². The Morgan fingerprint density at radius 2 is 2.21 bits per heavy atom. The number of benzene rings is 1. The lowest BCUT2D eigenvalue weighted by molar-refractivity contribution is 0.0944. The number of nitrogens with zero attached hydrogens (tertiary/aromatic N) is 1. The van der Waals surface area contributed by atoms with E-state index in [0.29, 0.717) is 35.1 Å². The average molecular weight is 285 g/mol. The van der Waals surface area contributed by atoms with Crippen molar-refractivity contribution in [1.82, 2.24) is 10.2 Å². The van der Waals surface area contributed by atoms with E-state index in [0.717, 1.165) is 13.1 Å². The highest BCUT2D eigenvalue weighted by atomic mass is 35.5. The smallest absolute Gasteiger partial charge is 0.127 e. The maximum atomic E-state index is 13.8. The molecule has 19 heavy (non-hydrogen) atoms. The summed E-state index contributed by atoms with van der Waals surface area (Å²) in [4.78, 5) is 2.36. The highest BCUT2D eigenvalue weighted by Crippen LogP contribution is 2.21. The molecule has 2 unspecified atom stereocenters. The third kappa shape index (κ3) is 3.68. The van der Waals surface area contributed by atoms with Crippen molar-refractivity contribution in [2.24, 2.45) is 5.92 Å². The topological polar surface area (TPSA) is 15.3 Å². The molecule has 0 radical (unpaired) electrons. The zero-order chi connectivity index (χ0) is 14.0. The van der Waals surface area contributed by atoms with Crippen LogP contribution in [0.15, 0.2) is 18.2 Å². The summed E-state index contributed by atoms with van der Waals surface area (Å²) >= 11 is 5.96. The molecule has 1 heterocycles. The quantitative estimate of drug-likeness (QED) is 0.916. The summed E-state index contributed by atoms with van der Waals surface area (Å²) < 4.78 is 13.8. The molecule has 0 amide bonds. The van der Waals surface area contributed by atoms with Gasteiger partial charge in [-0.3, -0.25) is 4.90 Å². The molecular formula is C15H22ClFN2. The molecule has 0 aliphatic carbocycles. The fraction of sp³-hybridized carbons (Fsp3) is 0.600. The zero-order valence-electron chi connectivity index (χ0n) is 11.8. The van der Waals surface area contributed by atoms with Crippen molar-refractivity contribution in [3.8, 4) is 0 Å². The molecule has 2 nitrogen and oxygen atoms in total. The van der Waals surface area contributed by atoms with Crippen molar-refractivity contribution in [1.29, 1.82) is 0 Å². The van der Waals surface area contributed by atoms with Gasteiger partial charge in [0.15, 0.2) is 0 Å². The summed E-state index contributed by atoms with van der Waals surface area (Å²) in [7, 11) is 0. The van der Waals surface area contributed by atoms with E-state index in [1.165, 1.54) is 6.07 Å². The van der Waals surface area contributed by atoms with Gasteiger partial charge in [0.05, 0.1) is 0 Å². The molecule has 0 spiro atoms. The summed E-state index contributed by atoms with van der Waals surface area (Å²) in [6.07, 6.45) is 0. The van der Waals surface area contributed by atoms with Gasteiger partial charge in [0.2, 0.25) is 0 Å². The minimum atomic E-state index is -0.168. The van der Waals surface area contributed by atoms with Crippen molar-refractivity contribution in [3.05, 3.63) is 34.6 Å². The maximum absolute atomic E-state index is 13.8. The van der Waals surface area contributed by atoms with E-state index in [1.54, 1.807) is 12.1 Å². The first-order valence-corrected chi connectivity index (χ1v) is 7.26. The third-order valence-corrected chi connectivity index (χ3v) is 4.04. The predicted molar refractivity (Wildman–Crippen MR) is 77.9 cm³/mol. The molecule has 1 fully saturated rings. The molecule has 1 N–H and O–H groups in total. The zero-order valence-corrected chi connectivity index (χ0v) is 12.5. The Kier molecular flexibility index (Phi) is 4.82. The SMILES string of the molecule is CC1CN(Cc2cc(Cl)ccc2F)C(C(C)C)CN1. The Morgan fingerprint density at radius 1 is 1.47 bits per heavy atom. The van der Waals surface area contributed by atoms with Crippen LogP contribution in [0.2, 0.25) is 5.02 Å². The van der Waals surface area contributed by atoms with E-state index in [9.17, 15) is 4.39 Å². The van der Waals surface area contributed by atoms with Gasteiger partial charge in [-0.15, -0.1) is 0 Å². The number of piperazine rings is 1. The highest BCUT2D eigenvalue weighted by Gasteiger charge is 2.28. The monoisotopic (exact) mass is 284 g/mol. The molecule has 106 valence electrons. The van der Waals surface area contributed by atoms with E-state index in [4.69, 9.17) is 11.6 Å². The van der Waals surface area contributed by atoms with Gasteiger partial charge < -0.3 is 5.32 Å². The predicted octanol–water partition coefficient (Wildman–Crippen LogP) is 3.30. The molecule has 2 rings (SSSR count). The van der Waals surface area contributed by atoms with Crippen molar-refractivity contribution >= 4 is 11.6 Å². The van der Waals surface area contributed by atoms with Crippen LogP contribution in [0.4, 0.5) is 4.39 Å². The lowest BCUT2D eigenvalue weighted by Crippen LogP contribution is -2.56. The lowest BCUT2D eigenvalue weighted by Gasteiger charge is -2.41. The Balaban J connectivity index is 2.16. The van der Waals surface area contributed by atoms with Crippen LogP contribution in [0.5, 0.6) is 0 Å². The largest absolute Gasteiger partial charge is 0.311 e. The summed E-state index contributed by atoms with van der Waals surface area (Å²) in [5, 5.41) is 4.09. The van der Waals surface area contributed by atoms with Crippen LogP contribution < -0.4 is 5.32 Å². The van der Waals surface area contributed by atoms with E-state index in [1.807, 2.05) is 0 Å². The van der Waals surface area contributed by atoms with Gasteiger partial charge >= 0.3 is 0 Å². The molecule has 1 aromatic carbocycles. The van der Waals surface area contributed by atoms with Crippen LogP contribution in [-0.2, 0) is 6.54 Å². The van der Waals surface area contributed by atoms with Gasteiger partial charge in [-0.25, -0.2) is 4.39 Å². The molecule has 2 atom stereocenters. The Morgan fingerprint density at radius 3 is 2.89 bits per heavy atom. The second-order valence-corrected chi connectivity index (χ2v) is 6.22. The fourth-order valence-electron chi connectivity index (χ4n) is 2.73. The number of nitrogens with one attached hydrogen (secondary N) is 1. The fourth-order valence-corrected chi connectivity index (χ4v) is 2.92. The van der Waals surface area contributed by atoms with Gasteiger partial charge in [-0.05, 0) is 31.0 Å². The molecule has 4 heteroatoms. The van der Waals surface area contributed by atoms with Crippen LogP contribution in [0.1, 0.15) is 26.3 Å². The molecule has 0 aromatic heterocycles. The van der Waals surface area contributed by atoms with E-state index < -0.39 is 0 Å². The number of hydrogen-bond acceptors (Lipinski definition) is 2. The van der Waals surface area contributed by atoms with Gasteiger partial charge in [0.1, 0.15) is 5.82 Å². The molecule has 1 aliphatic rings. The minimum Gasteiger partial charge on any atom is -0.311 e. The highest BCUT2D eigenvalue weighted by molar-refractivity contribution is 6.30. The average Bonchev–Trinajstić information content (AvgIpc) is 2.33. The van der Waals surface area contributed by atoms with Crippen LogP contribution in [0.25, 0.3) is 0 Å². The molecule has 0 bridgehead atoms. The van der Waals surface area contributed by atoms with Crippen molar-refractivity contribution < 1.29 is 4.39 Å². The summed E-state index contributed by atoms with van der Waals surface area (Å²) in [6.45, 7) is 9.11. The van der Waals surface area contributed by atoms with E-state index in [2.05, 4.69) is 31.0 Å². The summed E-state index contributed by atoms with van der Waals surface area (Å²) in [5.74, 6) is 0.375. The second kappa shape index (κ2) is 6.21. The summed E-state index contributed by atoms with van der Waals surface area (Å²) in [6, 6.07) is 5.67. The second-order valence-electron chi connectivity index (χ2n) is 5.79. The maximum Gasteiger partial charge on any atom is 0.127 e. The molecule has 0 saturated carbocycles. The molecular weight excluding hydrogens is 263 g/mol. The number of hydrogen-bond donors (Lipinski definition) is 1. The van der Waals surface area contributed by atoms with Gasteiger partial charge in [-0.1, -0.05) is 25.4 Å². The Hall–Kier alpha value is -0.640. The van der Waals surface area contributed by atoms with Crippen molar-refractivity contribution in [2.75, 3.05) is 13.1 Å². The van der Waals surface area contributed by atoms with Crippen LogP contribution in [-0.4, -0.2) is 30.1 Å². The number of rotatable bonds is 3. The molecule has 1 aliphatic heterocycles. The standard InChI is InChI=1S/C15H22ClFN2/c1-10(2)15-7-18-11(3)8-19(15)9-12-6-13(16)4-5-14(12)17/h4-6,10-11,15,18H,7-9H2,1-3H3. The van der Waals surface area contributed by atoms with Crippen LogP contribution in [0.3, 0.4) is 0 Å². The van der Waals surface area contributed by atoms with Crippen molar-refractivity contribution in [2.45, 2.75) is 39.4 Å². The molecule has 1 saturated heterocycles. The first kappa shape index (κ1) is 14.8. The van der Waals surface area contributed by atoms with E-state index in [-0.39, 0.29) is 5.82 Å². The lowest BCUT2D eigenvalue weighted by atomic mass is 9.98. The first-order valence-electron chi connectivity index (χ1n) is 6.88. The van der Waals surface area contributed by atoms with Gasteiger partial charge in [-0.2, -0.15) is 0 Å². The summed E-state index contributed by atoms with van der Waals surface area (Å²) in [5.41, 5.74) is 0.687. The molecule has 1 aromatic rings. The first-order chi connectivity index (χ1) is 8.97. The van der Waals surface area contributed by atoms with Crippen molar-refractivity contribution in [3.63, 3.8) is 0 Å². The van der Waals surface area contributed by atoms with Gasteiger partial charge in [0, 0.05) is 42.3 Å². The third-order valence-electron chi connectivity index (χ3n) is 3.80. The van der Waals surface area contributed by atoms with E-state index >= 15 is 0 Å². The van der Waals surface area contributed by atoms with Crippen LogP contribution in [0, 0.1) is 11.7 Å². The normalized spacial score (nSPS) is 24.9. The minimum absolute atomic E-state index is 0.168. The van der Waals surface area contributed by atoms with Crippen LogP contribution >= 0.6 is 11.6 Å². The number of halogens is 2.